The van der Waals surface area contributed by atoms with Crippen molar-refractivity contribution in [1.82, 2.24) is 0 Å². The Morgan fingerprint density at radius 3 is 1.64 bits per heavy atom. The number of pyridine rings is 1. The summed E-state index contributed by atoms with van der Waals surface area (Å²) in [7, 11) is -10.8. The van der Waals surface area contributed by atoms with Crippen LogP contribution in [0.25, 0.3) is 4.13 Å². The summed E-state index contributed by atoms with van der Waals surface area (Å²) in [5.74, 6) is 0.636. The third-order valence-electron chi connectivity index (χ3n) is 4.96. The van der Waals surface area contributed by atoms with Gasteiger partial charge in [-0.1, -0.05) is 13.8 Å². The van der Waals surface area contributed by atoms with Crippen LogP contribution in [-0.4, -0.2) is 58.0 Å². The van der Waals surface area contributed by atoms with E-state index in [1.54, 1.807) is 21.3 Å². The molecule has 1 unspecified atom stereocenters. The Morgan fingerprint density at radius 1 is 0.889 bits per heavy atom. The van der Waals surface area contributed by atoms with E-state index in [4.69, 9.17) is 13.3 Å². The third kappa shape index (κ3) is 10.6. The molecule has 1 rings (SSSR count). The quantitative estimate of drug-likeness (QED) is 0.155. The van der Waals surface area contributed by atoms with Gasteiger partial charge in [-0.25, -0.2) is 21.4 Å². The van der Waals surface area contributed by atoms with Crippen LogP contribution in [0.3, 0.4) is 0 Å². The van der Waals surface area contributed by atoms with Gasteiger partial charge in [0.2, 0.25) is 0 Å². The second-order valence-electron chi connectivity index (χ2n) is 7.35. The number of hydrogen-bond donors (Lipinski definition) is 0. The standard InChI is InChI=1S/C16H30NO3Si.C2F6NO4S2/c1-6-15(2)16-9-12-17(13-10-16)11-7-8-14-21(18-3,19-4)20-5;3-1(4,5)14(10,11)9-15(12,13)2(6,7)8/h9-10,12-13,15H,6-8,11,14H2,1-5H3;/q+1;-1. The highest BCUT2D eigenvalue weighted by molar-refractivity contribution is 8.13. The number of nitrogens with zero attached hydrogens (tertiary/aromatic N) is 2. The molecule has 0 spiro atoms. The molecule has 212 valence electrons. The van der Waals surface area contributed by atoms with E-state index in [0.29, 0.717) is 5.92 Å². The van der Waals surface area contributed by atoms with Gasteiger partial charge in [0.1, 0.15) is 6.54 Å². The Balaban J connectivity index is 0.000000723. The molecule has 9 nitrogen and oxygen atoms in total. The molecule has 0 saturated carbocycles. The van der Waals surface area contributed by atoms with Crippen molar-refractivity contribution in [2.45, 2.75) is 62.6 Å². The molecule has 1 aromatic rings. The number of aryl methyl sites for hydroxylation is 1. The Bertz CT molecular complexity index is 950. The minimum absolute atomic E-state index is 0.636. The Hall–Kier alpha value is -1.31. The molecule has 1 atom stereocenters. The number of aromatic nitrogens is 1. The zero-order valence-corrected chi connectivity index (χ0v) is 22.9. The molecule has 0 radical (unpaired) electrons. The molecule has 0 aromatic carbocycles. The van der Waals surface area contributed by atoms with Crippen molar-refractivity contribution >= 4 is 28.9 Å². The Labute approximate surface area is 208 Å². The van der Waals surface area contributed by atoms with Crippen molar-refractivity contribution < 1.29 is 61.0 Å². The molecule has 0 fully saturated rings. The van der Waals surface area contributed by atoms with Gasteiger partial charge in [-0.3, -0.25) is 0 Å². The second kappa shape index (κ2) is 14.0. The molecule has 0 aliphatic rings. The van der Waals surface area contributed by atoms with E-state index in [9.17, 15) is 43.2 Å². The molecule has 0 bridgehead atoms. The first-order chi connectivity index (χ1) is 16.3. The number of hydrogen-bond acceptors (Lipinski definition) is 7. The number of halogens is 6. The van der Waals surface area contributed by atoms with Gasteiger partial charge in [0.25, 0.3) is 0 Å². The van der Waals surface area contributed by atoms with Crippen LogP contribution in [0.2, 0.25) is 6.04 Å². The van der Waals surface area contributed by atoms with Gasteiger partial charge in [-0.15, -0.1) is 0 Å². The SMILES string of the molecule is CCC(C)c1cc[n+](CCCC[Si](OC)(OC)OC)cc1.O=S(=O)([N-]S(=O)(=O)C(F)(F)F)C(F)(F)F. The average Bonchev–Trinajstić information content (AvgIpc) is 2.78. The van der Waals surface area contributed by atoms with E-state index < -0.39 is 39.9 Å². The molecule has 0 saturated heterocycles. The van der Waals surface area contributed by atoms with Crippen molar-refractivity contribution in [2.24, 2.45) is 0 Å². The van der Waals surface area contributed by atoms with Gasteiger partial charge in [0, 0.05) is 45.9 Å². The van der Waals surface area contributed by atoms with E-state index >= 15 is 0 Å². The summed E-state index contributed by atoms with van der Waals surface area (Å²) in [5, 5.41) is 0. The molecule has 0 N–H and O–H groups in total. The summed E-state index contributed by atoms with van der Waals surface area (Å²) < 4.78 is 128. The fourth-order valence-corrected chi connectivity index (χ4v) is 6.09. The van der Waals surface area contributed by atoms with Crippen LogP contribution in [0, 0.1) is 0 Å². The molecular formula is C18H30F6N2O7S2Si. The molecule has 0 aliphatic carbocycles. The summed E-state index contributed by atoms with van der Waals surface area (Å²) in [6.07, 6.45) is 7.67. The minimum Gasteiger partial charge on any atom is -0.421 e. The maximum Gasteiger partial charge on any atom is 0.500 e. The highest BCUT2D eigenvalue weighted by Gasteiger charge is 2.47. The predicted molar refractivity (Wildman–Crippen MR) is 119 cm³/mol. The predicted octanol–water partition coefficient (Wildman–Crippen LogP) is 4.21. The number of unbranched alkanes of at least 4 members (excludes halogenated alkanes) is 1. The third-order valence-corrected chi connectivity index (χ3v) is 10.5. The summed E-state index contributed by atoms with van der Waals surface area (Å²) in [5.41, 5.74) is -11.0. The van der Waals surface area contributed by atoms with E-state index in [2.05, 4.69) is 42.9 Å². The van der Waals surface area contributed by atoms with Crippen LogP contribution in [0.15, 0.2) is 24.5 Å². The fraction of sp³-hybridized carbons (Fsp3) is 0.722. The van der Waals surface area contributed by atoms with Crippen molar-refractivity contribution in [2.75, 3.05) is 21.3 Å². The lowest BCUT2D eigenvalue weighted by molar-refractivity contribution is -0.697. The van der Waals surface area contributed by atoms with Gasteiger partial charge >= 0.3 is 19.8 Å². The minimum atomic E-state index is -6.72. The van der Waals surface area contributed by atoms with Gasteiger partial charge in [-0.2, -0.15) is 26.3 Å². The van der Waals surface area contributed by atoms with Gasteiger partial charge in [-0.05, 0) is 24.3 Å². The monoisotopic (exact) mass is 592 g/mol. The second-order valence-corrected chi connectivity index (χ2v) is 13.9. The fourth-order valence-electron chi connectivity index (χ4n) is 2.59. The molecule has 36 heavy (non-hydrogen) atoms. The van der Waals surface area contributed by atoms with Crippen LogP contribution in [-0.2, 0) is 39.9 Å². The maximum absolute atomic E-state index is 11.4. The van der Waals surface area contributed by atoms with Gasteiger partial charge in [0.05, 0.1) is 0 Å². The van der Waals surface area contributed by atoms with Crippen molar-refractivity contribution in [1.29, 1.82) is 0 Å². The van der Waals surface area contributed by atoms with Crippen molar-refractivity contribution in [3.8, 4) is 0 Å². The van der Waals surface area contributed by atoms with E-state index in [1.165, 1.54) is 12.0 Å². The van der Waals surface area contributed by atoms with Crippen molar-refractivity contribution in [3.63, 3.8) is 0 Å². The number of sulfonamides is 2. The van der Waals surface area contributed by atoms with Crippen LogP contribution >= 0.6 is 0 Å². The van der Waals surface area contributed by atoms with E-state index in [0.717, 1.165) is 29.6 Å². The zero-order valence-electron chi connectivity index (χ0n) is 20.3. The zero-order chi connectivity index (χ0) is 28.4. The van der Waals surface area contributed by atoms with Crippen LogP contribution in [0.5, 0.6) is 0 Å². The molecule has 1 heterocycles. The first-order valence-electron chi connectivity index (χ1n) is 10.3. The van der Waals surface area contributed by atoms with Crippen LogP contribution in [0.4, 0.5) is 26.3 Å². The summed E-state index contributed by atoms with van der Waals surface area (Å²) in [6, 6.07) is 5.32. The topological polar surface area (TPSA) is 114 Å². The van der Waals surface area contributed by atoms with Crippen molar-refractivity contribution in [3.05, 3.63) is 34.2 Å². The molecule has 0 aliphatic heterocycles. The summed E-state index contributed by atoms with van der Waals surface area (Å²) >= 11 is 0. The highest BCUT2D eigenvalue weighted by Crippen LogP contribution is 2.36. The molecule has 18 heteroatoms. The Kier molecular flexibility index (Phi) is 13.5. The van der Waals surface area contributed by atoms with E-state index in [-0.39, 0.29) is 0 Å². The summed E-state index contributed by atoms with van der Waals surface area (Å²) in [4.78, 5) is 0. The molecule has 0 amide bonds. The van der Waals surface area contributed by atoms with Gasteiger partial charge < -0.3 is 17.4 Å². The molecular weight excluding hydrogens is 562 g/mol. The Morgan fingerprint density at radius 2 is 1.31 bits per heavy atom. The number of alkyl halides is 6. The average molecular weight is 593 g/mol. The highest BCUT2D eigenvalue weighted by atomic mass is 32.3. The van der Waals surface area contributed by atoms with Crippen LogP contribution < -0.4 is 4.57 Å². The lowest BCUT2D eigenvalue weighted by Crippen LogP contribution is -2.42. The normalized spacial score (nSPS) is 14.2. The first-order valence-corrected chi connectivity index (χ1v) is 15.1. The molecule has 1 aromatic heterocycles. The smallest absolute Gasteiger partial charge is 0.421 e. The maximum atomic E-state index is 11.4. The van der Waals surface area contributed by atoms with Crippen LogP contribution in [0.1, 0.15) is 44.6 Å². The lowest BCUT2D eigenvalue weighted by Gasteiger charge is -2.23. The first kappa shape index (κ1) is 34.7. The lowest BCUT2D eigenvalue weighted by atomic mass is 10.0. The van der Waals surface area contributed by atoms with E-state index in [1.807, 2.05) is 0 Å². The number of rotatable bonds is 12. The van der Waals surface area contributed by atoms with Gasteiger partial charge in [0.15, 0.2) is 32.4 Å². The largest absolute Gasteiger partial charge is 0.500 e. The summed E-state index contributed by atoms with van der Waals surface area (Å²) in [6.45, 7) is 5.51.